The highest BCUT2D eigenvalue weighted by molar-refractivity contribution is 7.89. The van der Waals surface area contributed by atoms with Crippen LogP contribution in [-0.2, 0) is 10.0 Å². The van der Waals surface area contributed by atoms with E-state index >= 15 is 0 Å². The van der Waals surface area contributed by atoms with E-state index in [0.717, 1.165) is 34.7 Å². The second-order valence-corrected chi connectivity index (χ2v) is 9.41. The number of nitrogens with zero attached hydrogens (tertiary/aromatic N) is 2. The summed E-state index contributed by atoms with van der Waals surface area (Å²) in [7, 11) is -3.38. The van der Waals surface area contributed by atoms with Crippen LogP contribution in [0.25, 0.3) is 21.8 Å². The highest BCUT2D eigenvalue weighted by Crippen LogP contribution is 2.30. The lowest BCUT2D eigenvalue weighted by Gasteiger charge is -2.15. The number of rotatable bonds is 4. The van der Waals surface area contributed by atoms with Crippen molar-refractivity contribution in [1.29, 1.82) is 0 Å². The van der Waals surface area contributed by atoms with Gasteiger partial charge in [-0.1, -0.05) is 35.9 Å². The Morgan fingerprint density at radius 3 is 2.19 bits per heavy atom. The van der Waals surface area contributed by atoms with Gasteiger partial charge in [0.05, 0.1) is 10.6 Å². The molecule has 1 aliphatic rings. The van der Waals surface area contributed by atoms with Crippen molar-refractivity contribution < 1.29 is 8.42 Å². The molecular weight excluding hydrogens is 388 g/mol. The maximum Gasteiger partial charge on any atom is 0.243 e. The molecule has 26 heavy (non-hydrogen) atoms. The van der Waals surface area contributed by atoms with Crippen molar-refractivity contribution in [1.82, 2.24) is 9.29 Å². The minimum atomic E-state index is -3.38. The summed E-state index contributed by atoms with van der Waals surface area (Å²) >= 11 is 7.48. The average Bonchev–Trinajstić information content (AvgIpc) is 3.35. The molecule has 0 N–H and O–H groups in total. The fraction of sp³-hybridized carbons (Fsp3) is 0.211. The molecule has 3 aromatic rings. The molecule has 1 fully saturated rings. The van der Waals surface area contributed by atoms with E-state index in [1.807, 2.05) is 41.8 Å². The molecule has 0 aliphatic carbocycles. The lowest BCUT2D eigenvalue weighted by molar-refractivity contribution is 0.477. The normalized spacial score (nSPS) is 15.4. The number of hydrogen-bond acceptors (Lipinski definition) is 4. The monoisotopic (exact) mass is 404 g/mol. The van der Waals surface area contributed by atoms with Crippen molar-refractivity contribution >= 4 is 33.0 Å². The molecule has 0 atom stereocenters. The van der Waals surface area contributed by atoms with E-state index in [1.165, 1.54) is 0 Å². The van der Waals surface area contributed by atoms with Crippen LogP contribution < -0.4 is 0 Å². The Kier molecular flexibility index (Phi) is 4.84. The molecule has 0 bridgehead atoms. The number of hydrogen-bond donors (Lipinski definition) is 0. The first kappa shape index (κ1) is 17.7. The van der Waals surface area contributed by atoms with Crippen molar-refractivity contribution in [2.45, 2.75) is 17.7 Å². The molecule has 0 radical (unpaired) electrons. The van der Waals surface area contributed by atoms with Crippen LogP contribution in [0.4, 0.5) is 0 Å². The smallest absolute Gasteiger partial charge is 0.236 e. The Labute approximate surface area is 162 Å². The Hall–Kier alpha value is -1.73. The van der Waals surface area contributed by atoms with Crippen molar-refractivity contribution in [3.63, 3.8) is 0 Å². The number of thiazole rings is 1. The molecule has 134 valence electrons. The molecular formula is C19H17ClN2O2S2. The Morgan fingerprint density at radius 2 is 1.54 bits per heavy atom. The molecule has 1 aliphatic heterocycles. The van der Waals surface area contributed by atoms with Crippen molar-refractivity contribution in [2.75, 3.05) is 13.1 Å². The minimum Gasteiger partial charge on any atom is -0.236 e. The van der Waals surface area contributed by atoms with Crippen molar-refractivity contribution in [3.05, 3.63) is 58.9 Å². The zero-order valence-electron chi connectivity index (χ0n) is 13.9. The maximum absolute atomic E-state index is 12.6. The van der Waals surface area contributed by atoms with E-state index < -0.39 is 10.0 Å². The molecule has 1 saturated heterocycles. The summed E-state index contributed by atoms with van der Waals surface area (Å²) in [6.45, 7) is 1.22. The molecule has 0 saturated carbocycles. The Bertz CT molecular complexity index is 1010. The van der Waals surface area contributed by atoms with E-state index in [1.54, 1.807) is 27.8 Å². The van der Waals surface area contributed by atoms with Crippen LogP contribution in [0.1, 0.15) is 12.8 Å². The highest BCUT2D eigenvalue weighted by atomic mass is 35.5. The molecule has 1 aromatic heterocycles. The summed E-state index contributed by atoms with van der Waals surface area (Å²) in [5.74, 6) is 0. The molecule has 0 spiro atoms. The first-order valence-electron chi connectivity index (χ1n) is 8.36. The molecule has 4 nitrogen and oxygen atoms in total. The van der Waals surface area contributed by atoms with Crippen LogP contribution in [0.2, 0.25) is 5.02 Å². The summed E-state index contributed by atoms with van der Waals surface area (Å²) in [5, 5.41) is 3.58. The van der Waals surface area contributed by atoms with E-state index in [2.05, 4.69) is 4.98 Å². The van der Waals surface area contributed by atoms with Gasteiger partial charge in [0, 0.05) is 34.6 Å². The molecule has 0 unspecified atom stereocenters. The third-order valence-corrected chi connectivity index (χ3v) is 7.50. The van der Waals surface area contributed by atoms with Gasteiger partial charge in [-0.3, -0.25) is 0 Å². The zero-order chi connectivity index (χ0) is 18.1. The lowest BCUT2D eigenvalue weighted by atomic mass is 10.2. The predicted molar refractivity (Wildman–Crippen MR) is 106 cm³/mol. The van der Waals surface area contributed by atoms with Crippen molar-refractivity contribution in [3.8, 4) is 21.8 Å². The highest BCUT2D eigenvalue weighted by Gasteiger charge is 2.27. The molecule has 4 rings (SSSR count). The van der Waals surface area contributed by atoms with Gasteiger partial charge in [0.15, 0.2) is 0 Å². The van der Waals surface area contributed by atoms with Crippen molar-refractivity contribution in [2.24, 2.45) is 0 Å². The van der Waals surface area contributed by atoms with Gasteiger partial charge in [-0.15, -0.1) is 11.3 Å². The molecule has 2 heterocycles. The second-order valence-electron chi connectivity index (χ2n) is 6.18. The lowest BCUT2D eigenvalue weighted by Crippen LogP contribution is -2.27. The predicted octanol–water partition coefficient (Wildman–Crippen LogP) is 4.92. The maximum atomic E-state index is 12.6. The molecule has 7 heteroatoms. The van der Waals surface area contributed by atoms with Gasteiger partial charge < -0.3 is 0 Å². The largest absolute Gasteiger partial charge is 0.243 e. The van der Waals surface area contributed by atoms with E-state index in [0.29, 0.717) is 23.0 Å². The third-order valence-electron chi connectivity index (χ3n) is 4.45. The van der Waals surface area contributed by atoms with Gasteiger partial charge in [0.1, 0.15) is 5.01 Å². The van der Waals surface area contributed by atoms with E-state index in [9.17, 15) is 8.42 Å². The summed E-state index contributed by atoms with van der Waals surface area (Å²) in [4.78, 5) is 5.01. The number of aromatic nitrogens is 1. The third kappa shape index (κ3) is 3.42. The summed E-state index contributed by atoms with van der Waals surface area (Å²) in [5.41, 5.74) is 2.76. The average molecular weight is 405 g/mol. The first-order chi connectivity index (χ1) is 12.5. The van der Waals surface area contributed by atoms with E-state index in [-0.39, 0.29) is 0 Å². The van der Waals surface area contributed by atoms with Gasteiger partial charge >= 0.3 is 0 Å². The van der Waals surface area contributed by atoms with Gasteiger partial charge in [0.25, 0.3) is 0 Å². The number of sulfonamides is 1. The Balaban J connectivity index is 1.58. The van der Waals surface area contributed by atoms with Gasteiger partial charge in [0.2, 0.25) is 10.0 Å². The number of halogens is 1. The fourth-order valence-electron chi connectivity index (χ4n) is 3.01. The van der Waals surface area contributed by atoms with Crippen LogP contribution in [-0.4, -0.2) is 30.8 Å². The van der Waals surface area contributed by atoms with Gasteiger partial charge in [-0.05, 0) is 37.1 Å². The first-order valence-corrected chi connectivity index (χ1v) is 11.1. The zero-order valence-corrected chi connectivity index (χ0v) is 16.3. The topological polar surface area (TPSA) is 50.3 Å². The van der Waals surface area contributed by atoms with Gasteiger partial charge in [-0.25, -0.2) is 13.4 Å². The minimum absolute atomic E-state index is 0.344. The van der Waals surface area contributed by atoms with Crippen LogP contribution in [0.3, 0.4) is 0 Å². The second kappa shape index (κ2) is 7.12. The summed E-state index contributed by atoms with van der Waals surface area (Å²) in [6.07, 6.45) is 1.87. The molecule has 0 amide bonds. The van der Waals surface area contributed by atoms with E-state index in [4.69, 9.17) is 11.6 Å². The SMILES string of the molecule is O=S(=O)(c1ccc(-c2csc(-c3ccc(Cl)cc3)n2)cc1)N1CCCC1. The van der Waals surface area contributed by atoms with Crippen LogP contribution >= 0.6 is 22.9 Å². The number of benzene rings is 2. The fourth-order valence-corrected chi connectivity index (χ4v) is 5.48. The standard InChI is InChI=1S/C19H17ClN2O2S2/c20-16-7-3-15(4-8-16)19-21-18(13-25-19)14-5-9-17(10-6-14)26(23,24)22-11-1-2-12-22/h3-10,13H,1-2,11-12H2. The van der Waals surface area contributed by atoms with Crippen LogP contribution in [0, 0.1) is 0 Å². The Morgan fingerprint density at radius 1 is 0.923 bits per heavy atom. The molecule has 2 aromatic carbocycles. The quantitative estimate of drug-likeness (QED) is 0.620. The summed E-state index contributed by atoms with van der Waals surface area (Å²) in [6, 6.07) is 14.6. The summed E-state index contributed by atoms with van der Waals surface area (Å²) < 4.78 is 26.8. The van der Waals surface area contributed by atoms with Crippen LogP contribution in [0.15, 0.2) is 58.8 Å². The van der Waals surface area contributed by atoms with Gasteiger partial charge in [-0.2, -0.15) is 4.31 Å². The van der Waals surface area contributed by atoms with Crippen LogP contribution in [0.5, 0.6) is 0 Å².